The van der Waals surface area contributed by atoms with Gasteiger partial charge in [-0.15, -0.1) is 0 Å². The molecule has 1 heterocycles. The second-order valence-electron chi connectivity index (χ2n) is 7.34. The molecule has 0 aromatic heterocycles. The van der Waals surface area contributed by atoms with E-state index in [0.717, 1.165) is 17.9 Å². The Morgan fingerprint density at radius 2 is 1.83 bits per heavy atom. The molecule has 2 unspecified atom stereocenters. The molecule has 1 N–H and O–H groups in total. The van der Waals surface area contributed by atoms with Crippen LogP contribution < -0.4 is 5.32 Å². The van der Waals surface area contributed by atoms with Gasteiger partial charge in [-0.25, -0.2) is 0 Å². The molecule has 0 amide bonds. The molecular formula is C16H30N2. The molecule has 3 rings (SSSR count). The van der Waals surface area contributed by atoms with Crippen molar-refractivity contribution >= 4 is 0 Å². The van der Waals surface area contributed by atoms with Gasteiger partial charge >= 0.3 is 0 Å². The molecule has 0 aromatic carbocycles. The van der Waals surface area contributed by atoms with Gasteiger partial charge in [-0.05, 0) is 64.3 Å². The highest BCUT2D eigenvalue weighted by molar-refractivity contribution is 5.02. The third-order valence-corrected chi connectivity index (χ3v) is 5.69. The summed E-state index contributed by atoms with van der Waals surface area (Å²) in [7, 11) is 0. The van der Waals surface area contributed by atoms with Crippen molar-refractivity contribution in [3.8, 4) is 0 Å². The van der Waals surface area contributed by atoms with E-state index in [-0.39, 0.29) is 0 Å². The third kappa shape index (κ3) is 2.75. The Morgan fingerprint density at radius 3 is 2.50 bits per heavy atom. The Hall–Kier alpha value is -0.0800. The van der Waals surface area contributed by atoms with Gasteiger partial charge in [0.25, 0.3) is 0 Å². The molecule has 3 fully saturated rings. The highest BCUT2D eigenvalue weighted by Crippen LogP contribution is 2.41. The number of hydrogen-bond acceptors (Lipinski definition) is 2. The zero-order valence-electron chi connectivity index (χ0n) is 12.3. The maximum atomic E-state index is 3.86. The zero-order valence-corrected chi connectivity index (χ0v) is 12.3. The summed E-state index contributed by atoms with van der Waals surface area (Å²) in [5.74, 6) is 1.95. The van der Waals surface area contributed by atoms with Crippen molar-refractivity contribution in [3.05, 3.63) is 0 Å². The van der Waals surface area contributed by atoms with Crippen LogP contribution in [0.1, 0.15) is 58.8 Å². The van der Waals surface area contributed by atoms with E-state index in [1.165, 1.54) is 64.6 Å². The standard InChI is InChI=1S/C16H30N2/c1-13-9-10-17-16(2,15-7-8-15)12-18(13)11-14-5-3-4-6-14/h13-15,17H,3-12H2,1-2H3. The van der Waals surface area contributed by atoms with E-state index in [4.69, 9.17) is 0 Å². The lowest BCUT2D eigenvalue weighted by Crippen LogP contribution is -2.52. The number of nitrogens with one attached hydrogen (secondary N) is 1. The minimum Gasteiger partial charge on any atom is -0.310 e. The van der Waals surface area contributed by atoms with Gasteiger partial charge < -0.3 is 5.32 Å². The third-order valence-electron chi connectivity index (χ3n) is 5.69. The molecule has 104 valence electrons. The monoisotopic (exact) mass is 250 g/mol. The summed E-state index contributed by atoms with van der Waals surface area (Å²) < 4.78 is 0. The normalized spacial score (nSPS) is 40.0. The Morgan fingerprint density at radius 1 is 1.11 bits per heavy atom. The molecule has 2 aliphatic carbocycles. The lowest BCUT2D eigenvalue weighted by atomic mass is 9.94. The van der Waals surface area contributed by atoms with Crippen molar-refractivity contribution in [1.82, 2.24) is 10.2 Å². The van der Waals surface area contributed by atoms with Crippen LogP contribution in [0.25, 0.3) is 0 Å². The van der Waals surface area contributed by atoms with Crippen molar-refractivity contribution < 1.29 is 0 Å². The van der Waals surface area contributed by atoms with Gasteiger partial charge in [-0.1, -0.05) is 12.8 Å². The van der Waals surface area contributed by atoms with Crippen LogP contribution in [-0.4, -0.2) is 36.1 Å². The molecule has 1 aliphatic heterocycles. The molecule has 3 aliphatic rings. The van der Waals surface area contributed by atoms with Crippen LogP contribution in [0, 0.1) is 11.8 Å². The summed E-state index contributed by atoms with van der Waals surface area (Å²) in [6, 6.07) is 0.777. The first-order valence-electron chi connectivity index (χ1n) is 8.16. The van der Waals surface area contributed by atoms with Gasteiger partial charge in [0.05, 0.1) is 0 Å². The van der Waals surface area contributed by atoms with Crippen molar-refractivity contribution in [2.75, 3.05) is 19.6 Å². The number of nitrogens with zero attached hydrogens (tertiary/aromatic N) is 1. The molecule has 2 atom stereocenters. The maximum absolute atomic E-state index is 3.86. The summed E-state index contributed by atoms with van der Waals surface area (Å²) >= 11 is 0. The molecule has 0 bridgehead atoms. The van der Waals surface area contributed by atoms with Crippen LogP contribution in [0.15, 0.2) is 0 Å². The Balaban J connectivity index is 1.64. The highest BCUT2D eigenvalue weighted by Gasteiger charge is 2.44. The quantitative estimate of drug-likeness (QED) is 0.828. The highest BCUT2D eigenvalue weighted by atomic mass is 15.2. The molecular weight excluding hydrogens is 220 g/mol. The second-order valence-corrected chi connectivity index (χ2v) is 7.34. The van der Waals surface area contributed by atoms with E-state index in [9.17, 15) is 0 Å². The van der Waals surface area contributed by atoms with E-state index in [1.807, 2.05) is 0 Å². The number of rotatable bonds is 3. The summed E-state index contributed by atoms with van der Waals surface area (Å²) in [5.41, 5.74) is 0.406. The summed E-state index contributed by atoms with van der Waals surface area (Å²) in [4.78, 5) is 2.81. The zero-order chi connectivity index (χ0) is 12.6. The smallest absolute Gasteiger partial charge is 0.0308 e. The molecule has 1 saturated heterocycles. The average molecular weight is 250 g/mol. The topological polar surface area (TPSA) is 15.3 Å². The van der Waals surface area contributed by atoms with Crippen molar-refractivity contribution in [1.29, 1.82) is 0 Å². The average Bonchev–Trinajstić information content (AvgIpc) is 3.09. The molecule has 0 radical (unpaired) electrons. The first-order valence-corrected chi connectivity index (χ1v) is 8.16. The Kier molecular flexibility index (Phi) is 3.68. The minimum absolute atomic E-state index is 0.406. The number of hydrogen-bond donors (Lipinski definition) is 1. The minimum atomic E-state index is 0.406. The molecule has 2 heteroatoms. The van der Waals surface area contributed by atoms with Gasteiger partial charge in [-0.2, -0.15) is 0 Å². The maximum Gasteiger partial charge on any atom is 0.0308 e. The van der Waals surface area contributed by atoms with Crippen LogP contribution in [-0.2, 0) is 0 Å². The largest absolute Gasteiger partial charge is 0.310 e. The van der Waals surface area contributed by atoms with Crippen molar-refractivity contribution in [3.63, 3.8) is 0 Å². The molecule has 2 nitrogen and oxygen atoms in total. The van der Waals surface area contributed by atoms with E-state index in [1.54, 1.807) is 0 Å². The van der Waals surface area contributed by atoms with Gasteiger partial charge in [0.15, 0.2) is 0 Å². The molecule has 0 aromatic rings. The lowest BCUT2D eigenvalue weighted by Gasteiger charge is -2.37. The van der Waals surface area contributed by atoms with Crippen LogP contribution in [0.4, 0.5) is 0 Å². The fourth-order valence-electron chi connectivity index (χ4n) is 4.15. The summed E-state index contributed by atoms with van der Waals surface area (Å²) in [6.07, 6.45) is 10.2. The van der Waals surface area contributed by atoms with E-state index in [2.05, 4.69) is 24.1 Å². The SMILES string of the molecule is CC1CCNC(C)(C2CC2)CN1CC1CCCC1. The van der Waals surface area contributed by atoms with Crippen molar-refractivity contribution in [2.24, 2.45) is 11.8 Å². The van der Waals surface area contributed by atoms with E-state index < -0.39 is 0 Å². The van der Waals surface area contributed by atoms with Gasteiger partial charge in [-0.3, -0.25) is 4.90 Å². The fourth-order valence-corrected chi connectivity index (χ4v) is 4.15. The van der Waals surface area contributed by atoms with Crippen LogP contribution in [0.3, 0.4) is 0 Å². The van der Waals surface area contributed by atoms with E-state index >= 15 is 0 Å². The predicted octanol–water partition coefficient (Wildman–Crippen LogP) is 3.03. The first kappa shape index (κ1) is 12.9. The van der Waals surface area contributed by atoms with Gasteiger partial charge in [0, 0.05) is 24.7 Å². The van der Waals surface area contributed by atoms with Crippen LogP contribution in [0.5, 0.6) is 0 Å². The summed E-state index contributed by atoms with van der Waals surface area (Å²) in [5, 5.41) is 3.86. The van der Waals surface area contributed by atoms with E-state index in [0.29, 0.717) is 5.54 Å². The summed E-state index contributed by atoms with van der Waals surface area (Å²) in [6.45, 7) is 8.79. The van der Waals surface area contributed by atoms with Crippen molar-refractivity contribution in [2.45, 2.75) is 70.4 Å². The predicted molar refractivity (Wildman–Crippen MR) is 76.7 cm³/mol. The molecule has 2 saturated carbocycles. The fraction of sp³-hybridized carbons (Fsp3) is 1.00. The Labute approximate surface area is 113 Å². The second kappa shape index (κ2) is 5.13. The Bertz CT molecular complexity index is 281. The van der Waals surface area contributed by atoms with Crippen LogP contribution in [0.2, 0.25) is 0 Å². The van der Waals surface area contributed by atoms with Gasteiger partial charge in [0.1, 0.15) is 0 Å². The lowest BCUT2D eigenvalue weighted by molar-refractivity contribution is 0.140. The molecule has 18 heavy (non-hydrogen) atoms. The van der Waals surface area contributed by atoms with Gasteiger partial charge in [0.2, 0.25) is 0 Å². The van der Waals surface area contributed by atoms with Crippen LogP contribution >= 0.6 is 0 Å². The molecule has 0 spiro atoms. The first-order chi connectivity index (χ1) is 8.67.